The van der Waals surface area contributed by atoms with Gasteiger partial charge in [-0.1, -0.05) is 78.9 Å². The molecule has 3 aromatic rings. The zero-order chi connectivity index (χ0) is 19.3. The number of fused-ring (bicyclic) bond motifs is 2. The van der Waals surface area contributed by atoms with Crippen molar-refractivity contribution in [1.82, 2.24) is 0 Å². The highest BCUT2D eigenvalue weighted by atomic mass is 16.2. The molecule has 4 nitrogen and oxygen atoms in total. The Labute approximate surface area is 162 Å². The first kappa shape index (κ1) is 16.6. The molecule has 2 aliphatic rings. The third-order valence-corrected chi connectivity index (χ3v) is 5.88. The largest absolute Gasteiger partial charge is 0.325 e. The van der Waals surface area contributed by atoms with Crippen LogP contribution < -0.4 is 5.32 Å². The maximum atomic E-state index is 13.3. The Bertz CT molecular complexity index is 1050. The van der Waals surface area contributed by atoms with Crippen molar-refractivity contribution >= 4 is 23.2 Å². The second kappa shape index (κ2) is 5.99. The van der Waals surface area contributed by atoms with Crippen LogP contribution >= 0.6 is 0 Å². The molecule has 0 saturated heterocycles. The van der Waals surface area contributed by atoms with Gasteiger partial charge in [0.1, 0.15) is 0 Å². The molecule has 1 heterocycles. The number of anilines is 1. The Hall–Kier alpha value is -3.53. The van der Waals surface area contributed by atoms with Crippen molar-refractivity contribution in [2.45, 2.75) is 5.41 Å². The third kappa shape index (κ3) is 2.15. The molecular weight excluding hydrogens is 350 g/mol. The van der Waals surface area contributed by atoms with Gasteiger partial charge in [-0.2, -0.15) is 0 Å². The molecule has 1 aliphatic heterocycles. The molecule has 1 fully saturated rings. The molecule has 3 aromatic carbocycles. The van der Waals surface area contributed by atoms with Gasteiger partial charge in [0.15, 0.2) is 11.6 Å². The van der Waals surface area contributed by atoms with Gasteiger partial charge in [-0.3, -0.25) is 14.4 Å². The number of nitrogens with one attached hydrogen (secondary N) is 1. The van der Waals surface area contributed by atoms with E-state index in [1.165, 1.54) is 0 Å². The molecule has 2 unspecified atom stereocenters. The highest BCUT2D eigenvalue weighted by Gasteiger charge is 2.78. The molecule has 0 bridgehead atoms. The van der Waals surface area contributed by atoms with Gasteiger partial charge in [0.2, 0.25) is 5.91 Å². The van der Waals surface area contributed by atoms with Crippen LogP contribution in [0.15, 0.2) is 84.9 Å². The van der Waals surface area contributed by atoms with Crippen LogP contribution in [0.5, 0.6) is 0 Å². The normalized spacial score (nSPS) is 24.5. The number of benzene rings is 3. The van der Waals surface area contributed by atoms with E-state index < -0.39 is 17.3 Å². The van der Waals surface area contributed by atoms with E-state index in [1.54, 1.807) is 48.5 Å². The van der Waals surface area contributed by atoms with E-state index in [4.69, 9.17) is 0 Å². The summed E-state index contributed by atoms with van der Waals surface area (Å²) in [5.74, 6) is -2.00. The fourth-order valence-electron chi connectivity index (χ4n) is 4.59. The smallest absolute Gasteiger partial charge is 0.236 e. The predicted molar refractivity (Wildman–Crippen MR) is 105 cm³/mol. The standard InChI is InChI=1S/C24H17NO3/c26-21(15-9-3-1-4-10-15)19-20(22(27)16-11-5-2-6-12-16)24(19)17-13-7-8-14-18(17)25-23(24)28/h1-14,19-20H,(H,25,28). The molecule has 136 valence electrons. The van der Waals surface area contributed by atoms with Gasteiger partial charge in [-0.15, -0.1) is 0 Å². The summed E-state index contributed by atoms with van der Waals surface area (Å²) < 4.78 is 0. The molecule has 5 rings (SSSR count). The Kier molecular flexibility index (Phi) is 3.56. The monoisotopic (exact) mass is 367 g/mol. The summed E-state index contributed by atoms with van der Waals surface area (Å²) in [7, 11) is 0. The Morgan fingerprint density at radius 1 is 0.679 bits per heavy atom. The first-order valence-corrected chi connectivity index (χ1v) is 9.25. The van der Waals surface area contributed by atoms with Gasteiger partial charge < -0.3 is 5.32 Å². The number of para-hydroxylation sites is 1. The van der Waals surface area contributed by atoms with Crippen LogP contribution in [-0.2, 0) is 10.2 Å². The predicted octanol–water partition coefficient (Wildman–Crippen LogP) is 3.89. The fourth-order valence-corrected chi connectivity index (χ4v) is 4.59. The highest BCUT2D eigenvalue weighted by molar-refractivity contribution is 6.22. The molecule has 1 saturated carbocycles. The zero-order valence-electron chi connectivity index (χ0n) is 15.0. The fraction of sp³-hybridized carbons (Fsp3) is 0.125. The summed E-state index contributed by atoms with van der Waals surface area (Å²) in [5.41, 5.74) is 1.33. The third-order valence-electron chi connectivity index (χ3n) is 5.88. The lowest BCUT2D eigenvalue weighted by Crippen LogP contribution is -2.26. The van der Waals surface area contributed by atoms with Crippen molar-refractivity contribution in [3.8, 4) is 0 Å². The van der Waals surface area contributed by atoms with Crippen LogP contribution in [0.4, 0.5) is 5.69 Å². The van der Waals surface area contributed by atoms with E-state index >= 15 is 0 Å². The lowest BCUT2D eigenvalue weighted by atomic mass is 9.90. The van der Waals surface area contributed by atoms with Gasteiger partial charge in [-0.05, 0) is 11.6 Å². The van der Waals surface area contributed by atoms with Gasteiger partial charge in [0, 0.05) is 16.8 Å². The lowest BCUT2D eigenvalue weighted by molar-refractivity contribution is -0.118. The van der Waals surface area contributed by atoms with E-state index in [0.717, 1.165) is 5.56 Å². The minimum absolute atomic E-state index is 0.165. The topological polar surface area (TPSA) is 63.2 Å². The van der Waals surface area contributed by atoms with E-state index in [1.807, 2.05) is 36.4 Å². The maximum absolute atomic E-state index is 13.3. The molecule has 1 amide bonds. The van der Waals surface area contributed by atoms with Crippen LogP contribution in [0, 0.1) is 11.8 Å². The number of rotatable bonds is 4. The molecule has 1 N–H and O–H groups in total. The van der Waals surface area contributed by atoms with Crippen molar-refractivity contribution in [3.63, 3.8) is 0 Å². The Morgan fingerprint density at radius 3 is 1.68 bits per heavy atom. The van der Waals surface area contributed by atoms with E-state index in [-0.39, 0.29) is 17.5 Å². The van der Waals surface area contributed by atoms with Gasteiger partial charge in [0.25, 0.3) is 0 Å². The van der Waals surface area contributed by atoms with E-state index in [9.17, 15) is 14.4 Å². The van der Waals surface area contributed by atoms with Crippen molar-refractivity contribution < 1.29 is 14.4 Å². The van der Waals surface area contributed by atoms with Crippen LogP contribution in [0.25, 0.3) is 0 Å². The minimum Gasteiger partial charge on any atom is -0.325 e. The quantitative estimate of drug-likeness (QED) is 0.712. The summed E-state index contributed by atoms with van der Waals surface area (Å²) in [4.78, 5) is 39.8. The second-order valence-corrected chi connectivity index (χ2v) is 7.28. The molecule has 0 radical (unpaired) electrons. The first-order chi connectivity index (χ1) is 13.7. The summed E-state index contributed by atoms with van der Waals surface area (Å²) >= 11 is 0. The molecular formula is C24H17NO3. The van der Waals surface area contributed by atoms with Crippen LogP contribution in [0.3, 0.4) is 0 Å². The Morgan fingerprint density at radius 2 is 1.14 bits per heavy atom. The average Bonchev–Trinajstić information content (AvgIpc) is 3.36. The number of hydrogen-bond acceptors (Lipinski definition) is 3. The molecule has 1 spiro atoms. The summed E-state index contributed by atoms with van der Waals surface area (Å²) in [5, 5.41) is 2.88. The summed E-state index contributed by atoms with van der Waals surface area (Å²) in [6.07, 6.45) is 0. The van der Waals surface area contributed by atoms with E-state index in [2.05, 4.69) is 5.32 Å². The van der Waals surface area contributed by atoms with E-state index in [0.29, 0.717) is 16.8 Å². The number of Topliss-reactive ketones (excluding diaryl/α,β-unsaturated/α-hetero) is 2. The van der Waals surface area contributed by atoms with Crippen molar-refractivity contribution in [2.75, 3.05) is 5.32 Å². The van der Waals surface area contributed by atoms with Crippen molar-refractivity contribution in [2.24, 2.45) is 11.8 Å². The maximum Gasteiger partial charge on any atom is 0.236 e. The second-order valence-electron chi connectivity index (χ2n) is 7.28. The Balaban J connectivity index is 1.65. The van der Waals surface area contributed by atoms with Crippen LogP contribution in [-0.4, -0.2) is 17.5 Å². The zero-order valence-corrected chi connectivity index (χ0v) is 15.0. The highest BCUT2D eigenvalue weighted by Crippen LogP contribution is 2.66. The number of carbonyl (C=O) groups is 3. The first-order valence-electron chi connectivity index (χ1n) is 9.25. The van der Waals surface area contributed by atoms with Crippen LogP contribution in [0.2, 0.25) is 0 Å². The van der Waals surface area contributed by atoms with Gasteiger partial charge in [-0.25, -0.2) is 0 Å². The average molecular weight is 367 g/mol. The van der Waals surface area contributed by atoms with Crippen LogP contribution in [0.1, 0.15) is 26.3 Å². The molecule has 4 heteroatoms. The summed E-state index contributed by atoms with van der Waals surface area (Å²) in [6.45, 7) is 0. The number of amides is 1. The number of hydrogen-bond donors (Lipinski definition) is 1. The molecule has 2 atom stereocenters. The minimum atomic E-state index is -1.13. The SMILES string of the molecule is O=C(c1ccccc1)C1C(C(=O)c2ccccc2)C12C(=O)Nc1ccccc12. The lowest BCUT2D eigenvalue weighted by Gasteiger charge is -2.09. The molecule has 28 heavy (non-hydrogen) atoms. The number of ketones is 2. The van der Waals surface area contributed by atoms with Gasteiger partial charge >= 0.3 is 0 Å². The molecule has 0 aromatic heterocycles. The number of carbonyl (C=O) groups excluding carboxylic acids is 3. The van der Waals surface area contributed by atoms with Gasteiger partial charge in [0.05, 0.1) is 17.3 Å². The van der Waals surface area contributed by atoms with Crippen molar-refractivity contribution in [1.29, 1.82) is 0 Å². The van der Waals surface area contributed by atoms with Crippen molar-refractivity contribution in [3.05, 3.63) is 102 Å². The molecule has 1 aliphatic carbocycles. The summed E-state index contributed by atoms with van der Waals surface area (Å²) in [6, 6.07) is 25.1.